The smallest absolute Gasteiger partial charge is 0.248 e. The van der Waals surface area contributed by atoms with Gasteiger partial charge in [-0.05, 0) is 18.1 Å². The van der Waals surface area contributed by atoms with Crippen molar-refractivity contribution in [2.45, 2.75) is 19.8 Å². The lowest BCUT2D eigenvalue weighted by atomic mass is 10.1. The summed E-state index contributed by atoms with van der Waals surface area (Å²) in [5, 5.41) is 1.03. The number of fused-ring (bicyclic) bond motifs is 1. The molecule has 0 aliphatic carbocycles. The van der Waals surface area contributed by atoms with Gasteiger partial charge in [-0.1, -0.05) is 13.8 Å². The zero-order valence-electron chi connectivity index (χ0n) is 8.24. The van der Waals surface area contributed by atoms with Crippen molar-refractivity contribution in [2.75, 3.05) is 0 Å². The first kappa shape index (κ1) is 8.94. The van der Waals surface area contributed by atoms with Crippen LogP contribution in [0.3, 0.4) is 0 Å². The van der Waals surface area contributed by atoms with Gasteiger partial charge in [-0.2, -0.15) is 0 Å². The molecule has 0 fully saturated rings. The topological polar surface area (TPSA) is 45.8 Å². The van der Waals surface area contributed by atoms with Crippen molar-refractivity contribution in [3.05, 3.63) is 40.4 Å². The predicted octanol–water partition coefficient (Wildman–Crippen LogP) is 2.05. The molecular weight excluding hydrogens is 176 g/mol. The molecule has 14 heavy (non-hydrogen) atoms. The highest BCUT2D eigenvalue weighted by Crippen LogP contribution is 2.15. The van der Waals surface area contributed by atoms with Crippen molar-refractivity contribution in [1.82, 2.24) is 9.97 Å². The van der Waals surface area contributed by atoms with Gasteiger partial charge in [0, 0.05) is 17.1 Å². The van der Waals surface area contributed by atoms with Crippen LogP contribution in [0.5, 0.6) is 0 Å². The van der Waals surface area contributed by atoms with Gasteiger partial charge in [0.2, 0.25) is 5.56 Å². The van der Waals surface area contributed by atoms with Crippen LogP contribution >= 0.6 is 0 Å². The minimum atomic E-state index is -0.0865. The molecule has 0 amide bonds. The molecule has 2 heterocycles. The lowest BCUT2D eigenvalue weighted by Gasteiger charge is -2.04. The molecule has 0 radical (unpaired) electrons. The van der Waals surface area contributed by atoms with Crippen LogP contribution in [0.1, 0.15) is 25.5 Å². The molecule has 0 aromatic carbocycles. The molecule has 0 spiro atoms. The quantitative estimate of drug-likeness (QED) is 0.744. The Kier molecular flexibility index (Phi) is 2.08. The molecule has 72 valence electrons. The number of aromatic amines is 1. The van der Waals surface area contributed by atoms with Gasteiger partial charge in [0.25, 0.3) is 0 Å². The van der Waals surface area contributed by atoms with E-state index in [4.69, 9.17) is 0 Å². The molecule has 3 heteroatoms. The van der Waals surface area contributed by atoms with E-state index in [0.717, 1.165) is 16.6 Å². The summed E-state index contributed by atoms with van der Waals surface area (Å²) in [7, 11) is 0. The van der Waals surface area contributed by atoms with Crippen molar-refractivity contribution in [3.8, 4) is 0 Å². The van der Waals surface area contributed by atoms with Crippen LogP contribution in [-0.4, -0.2) is 9.97 Å². The standard InChI is InChI=1S/C11H12N2O/c1-7(2)9-5-8-3-4-11(14)13-10(8)6-12-9/h3-7H,1-2H3,(H,13,14). The minimum Gasteiger partial charge on any atom is -0.321 e. The Hall–Kier alpha value is -1.64. The first-order valence-corrected chi connectivity index (χ1v) is 4.66. The number of nitrogens with zero attached hydrogens (tertiary/aromatic N) is 1. The Bertz CT molecular complexity index is 514. The highest BCUT2D eigenvalue weighted by molar-refractivity contribution is 5.77. The second-order valence-corrected chi connectivity index (χ2v) is 3.67. The minimum absolute atomic E-state index is 0.0865. The van der Waals surface area contributed by atoms with E-state index in [1.165, 1.54) is 6.07 Å². The van der Waals surface area contributed by atoms with Crippen LogP contribution in [0.4, 0.5) is 0 Å². The summed E-state index contributed by atoms with van der Waals surface area (Å²) in [6.45, 7) is 4.19. The SMILES string of the molecule is CC(C)c1cc2ccc(=O)[nH]c2cn1. The summed E-state index contributed by atoms with van der Waals surface area (Å²) in [6.07, 6.45) is 1.71. The molecule has 0 unspecified atom stereocenters. The summed E-state index contributed by atoms with van der Waals surface area (Å²) < 4.78 is 0. The molecule has 0 bridgehead atoms. The zero-order chi connectivity index (χ0) is 10.1. The number of aromatic nitrogens is 2. The van der Waals surface area contributed by atoms with Gasteiger partial charge in [0.15, 0.2) is 0 Å². The first-order chi connectivity index (χ1) is 6.66. The average Bonchev–Trinajstić information content (AvgIpc) is 2.16. The van der Waals surface area contributed by atoms with Gasteiger partial charge in [-0.3, -0.25) is 9.78 Å². The summed E-state index contributed by atoms with van der Waals surface area (Å²) >= 11 is 0. The molecule has 1 N–H and O–H groups in total. The first-order valence-electron chi connectivity index (χ1n) is 4.66. The van der Waals surface area contributed by atoms with Crippen molar-refractivity contribution in [2.24, 2.45) is 0 Å². The van der Waals surface area contributed by atoms with Crippen molar-refractivity contribution < 1.29 is 0 Å². The Morgan fingerprint density at radius 3 is 2.86 bits per heavy atom. The summed E-state index contributed by atoms with van der Waals surface area (Å²) in [5.74, 6) is 0.409. The molecule has 2 aromatic rings. The van der Waals surface area contributed by atoms with Gasteiger partial charge >= 0.3 is 0 Å². The Morgan fingerprint density at radius 2 is 2.14 bits per heavy atom. The van der Waals surface area contributed by atoms with Crippen molar-refractivity contribution in [1.29, 1.82) is 0 Å². The highest BCUT2D eigenvalue weighted by atomic mass is 16.1. The molecule has 3 nitrogen and oxygen atoms in total. The van der Waals surface area contributed by atoms with Crippen LogP contribution in [-0.2, 0) is 0 Å². The van der Waals surface area contributed by atoms with Gasteiger partial charge in [0.1, 0.15) is 0 Å². The largest absolute Gasteiger partial charge is 0.321 e. The number of rotatable bonds is 1. The summed E-state index contributed by atoms with van der Waals surface area (Å²) in [4.78, 5) is 18.0. The molecular formula is C11H12N2O. The van der Waals surface area contributed by atoms with E-state index < -0.39 is 0 Å². The fourth-order valence-electron chi connectivity index (χ4n) is 1.39. The number of nitrogens with one attached hydrogen (secondary N) is 1. The van der Waals surface area contributed by atoms with Crippen LogP contribution in [0, 0.1) is 0 Å². The van der Waals surface area contributed by atoms with Gasteiger partial charge in [-0.25, -0.2) is 0 Å². The molecule has 2 aromatic heterocycles. The molecule has 2 rings (SSSR count). The predicted molar refractivity (Wildman–Crippen MR) is 56.5 cm³/mol. The van der Waals surface area contributed by atoms with Gasteiger partial charge in [-0.15, -0.1) is 0 Å². The molecule has 0 saturated carbocycles. The van der Waals surface area contributed by atoms with Crippen LogP contribution < -0.4 is 5.56 Å². The van der Waals surface area contributed by atoms with Crippen LogP contribution in [0.15, 0.2) is 29.2 Å². The second kappa shape index (κ2) is 3.25. The molecule has 0 atom stereocenters. The van der Waals surface area contributed by atoms with E-state index in [9.17, 15) is 4.79 Å². The van der Waals surface area contributed by atoms with Crippen LogP contribution in [0.25, 0.3) is 10.9 Å². The molecule has 0 aliphatic heterocycles. The average molecular weight is 188 g/mol. The fraction of sp³-hybridized carbons (Fsp3) is 0.273. The van der Waals surface area contributed by atoms with Crippen molar-refractivity contribution in [3.63, 3.8) is 0 Å². The third kappa shape index (κ3) is 1.53. The summed E-state index contributed by atoms with van der Waals surface area (Å²) in [6, 6.07) is 5.37. The third-order valence-electron chi connectivity index (χ3n) is 2.22. The van der Waals surface area contributed by atoms with Gasteiger partial charge < -0.3 is 4.98 Å². The lowest BCUT2D eigenvalue weighted by Crippen LogP contribution is -2.03. The third-order valence-corrected chi connectivity index (χ3v) is 2.22. The maximum absolute atomic E-state index is 11.0. The van der Waals surface area contributed by atoms with Crippen LogP contribution in [0.2, 0.25) is 0 Å². The van der Waals surface area contributed by atoms with E-state index in [1.807, 2.05) is 12.1 Å². The normalized spacial score (nSPS) is 11.1. The zero-order valence-corrected chi connectivity index (χ0v) is 8.24. The summed E-state index contributed by atoms with van der Waals surface area (Å²) in [5.41, 5.74) is 1.75. The highest BCUT2D eigenvalue weighted by Gasteiger charge is 2.02. The number of hydrogen-bond acceptors (Lipinski definition) is 2. The van der Waals surface area contributed by atoms with E-state index in [0.29, 0.717) is 5.92 Å². The van der Waals surface area contributed by atoms with Crippen molar-refractivity contribution >= 4 is 10.9 Å². The van der Waals surface area contributed by atoms with Gasteiger partial charge in [0.05, 0.1) is 11.7 Å². The number of pyridine rings is 2. The maximum Gasteiger partial charge on any atom is 0.248 e. The number of hydrogen-bond donors (Lipinski definition) is 1. The monoisotopic (exact) mass is 188 g/mol. The van der Waals surface area contributed by atoms with E-state index in [1.54, 1.807) is 6.20 Å². The van der Waals surface area contributed by atoms with E-state index in [-0.39, 0.29) is 5.56 Å². The lowest BCUT2D eigenvalue weighted by molar-refractivity contribution is 0.825. The molecule has 0 aliphatic rings. The number of H-pyrrole nitrogens is 1. The Balaban J connectivity index is 2.67. The fourth-order valence-corrected chi connectivity index (χ4v) is 1.39. The molecule has 0 saturated heterocycles. The maximum atomic E-state index is 11.0. The Labute approximate surface area is 81.8 Å². The second-order valence-electron chi connectivity index (χ2n) is 3.67. The van der Waals surface area contributed by atoms with E-state index in [2.05, 4.69) is 23.8 Å². The Morgan fingerprint density at radius 1 is 1.36 bits per heavy atom. The van der Waals surface area contributed by atoms with E-state index >= 15 is 0 Å².